The molecule has 0 saturated carbocycles. The molecule has 0 radical (unpaired) electrons. The molecular weight excluding hydrogens is 210 g/mol. The van der Waals surface area contributed by atoms with Gasteiger partial charge in [0.25, 0.3) is 0 Å². The highest BCUT2D eigenvalue weighted by molar-refractivity contribution is 7.09. The maximum absolute atomic E-state index is 3.97. The highest BCUT2D eigenvalue weighted by Gasteiger charge is 2.19. The molecule has 6 heteroatoms. The Balaban J connectivity index is 1.82. The predicted molar refractivity (Wildman–Crippen MR) is 61.2 cm³/mol. The van der Waals surface area contributed by atoms with Crippen LogP contribution in [0.3, 0.4) is 0 Å². The van der Waals surface area contributed by atoms with Gasteiger partial charge >= 0.3 is 0 Å². The number of piperidine rings is 1. The summed E-state index contributed by atoms with van der Waals surface area (Å²) in [4.78, 5) is 4.56. The topological polar surface area (TPSA) is 45.2 Å². The average Bonchev–Trinajstić information content (AvgIpc) is 2.74. The Morgan fingerprint density at radius 2 is 2.20 bits per heavy atom. The van der Waals surface area contributed by atoms with Crippen LogP contribution in [0.15, 0.2) is 0 Å². The minimum Gasteiger partial charge on any atom is -0.348 e. The molecule has 0 spiro atoms. The van der Waals surface area contributed by atoms with Crippen LogP contribution in [0.4, 0.5) is 5.13 Å². The first-order valence-corrected chi connectivity index (χ1v) is 6.08. The number of likely N-dealkylation sites (tertiary alicyclic amines) is 1. The zero-order chi connectivity index (χ0) is 10.7. The molecule has 2 heterocycles. The maximum Gasteiger partial charge on any atom is 0.227 e. The Bertz CT molecular complexity index is 281. The minimum atomic E-state index is 0.787. The van der Waals surface area contributed by atoms with Crippen LogP contribution in [-0.2, 0) is 0 Å². The highest BCUT2D eigenvalue weighted by Crippen LogP contribution is 2.20. The summed E-state index contributed by atoms with van der Waals surface area (Å²) in [6.07, 6.45) is 2.57. The molecule has 1 aromatic rings. The van der Waals surface area contributed by atoms with Gasteiger partial charge in [-0.1, -0.05) is 9.59 Å². The van der Waals surface area contributed by atoms with Crippen LogP contribution < -0.4 is 4.90 Å². The van der Waals surface area contributed by atoms with E-state index in [4.69, 9.17) is 0 Å². The van der Waals surface area contributed by atoms with Crippen LogP contribution in [0, 0.1) is 5.92 Å². The fourth-order valence-corrected chi connectivity index (χ4v) is 2.42. The lowest BCUT2D eigenvalue weighted by Crippen LogP contribution is -2.35. The molecule has 84 valence electrons. The number of anilines is 1. The van der Waals surface area contributed by atoms with E-state index in [1.54, 1.807) is 0 Å². The summed E-state index contributed by atoms with van der Waals surface area (Å²) in [7, 11) is 4.26. The van der Waals surface area contributed by atoms with Crippen molar-refractivity contribution in [2.24, 2.45) is 5.92 Å². The highest BCUT2D eigenvalue weighted by atomic mass is 32.1. The Morgan fingerprint density at radius 3 is 2.80 bits per heavy atom. The molecule has 2 rings (SSSR count). The fraction of sp³-hybridized carbons (Fsp3) is 0.889. The molecule has 0 unspecified atom stereocenters. The van der Waals surface area contributed by atoms with Crippen molar-refractivity contribution in [1.29, 1.82) is 0 Å². The summed E-state index contributed by atoms with van der Waals surface area (Å²) >= 11 is 1.36. The molecule has 0 atom stereocenters. The Kier molecular flexibility index (Phi) is 3.48. The molecule has 0 bridgehead atoms. The SMILES string of the molecule is CN1CCC(CN(C)c2nnns2)CC1. The van der Waals surface area contributed by atoms with Crippen molar-refractivity contribution in [3.63, 3.8) is 0 Å². The van der Waals surface area contributed by atoms with Crippen LogP contribution >= 0.6 is 11.5 Å². The first-order valence-electron chi connectivity index (χ1n) is 5.30. The quantitative estimate of drug-likeness (QED) is 0.761. The van der Waals surface area contributed by atoms with Crippen LogP contribution in [0.2, 0.25) is 0 Å². The molecule has 0 aromatic carbocycles. The molecule has 1 aromatic heterocycles. The number of aromatic nitrogens is 3. The van der Waals surface area contributed by atoms with Crippen molar-refractivity contribution >= 4 is 16.7 Å². The molecule has 15 heavy (non-hydrogen) atoms. The third-order valence-corrected chi connectivity index (χ3v) is 3.70. The van der Waals surface area contributed by atoms with Gasteiger partial charge in [0.2, 0.25) is 5.13 Å². The lowest BCUT2D eigenvalue weighted by atomic mass is 9.97. The smallest absolute Gasteiger partial charge is 0.227 e. The van der Waals surface area contributed by atoms with E-state index in [1.807, 2.05) is 0 Å². The third kappa shape index (κ3) is 2.85. The second-order valence-corrected chi connectivity index (χ2v) is 4.98. The van der Waals surface area contributed by atoms with Crippen LogP contribution in [0.1, 0.15) is 12.8 Å². The standard InChI is InChI=1S/C9H17N5S/c1-13-5-3-8(4-6-13)7-14(2)9-10-11-12-15-9/h8H,3-7H2,1-2H3. The predicted octanol–water partition coefficient (Wildman–Crippen LogP) is 0.711. The van der Waals surface area contributed by atoms with Crippen molar-refractivity contribution in [3.8, 4) is 0 Å². The van der Waals surface area contributed by atoms with E-state index >= 15 is 0 Å². The minimum absolute atomic E-state index is 0.787. The average molecular weight is 227 g/mol. The van der Waals surface area contributed by atoms with E-state index in [2.05, 4.69) is 38.7 Å². The Labute approximate surface area is 94.2 Å². The van der Waals surface area contributed by atoms with Crippen molar-refractivity contribution < 1.29 is 0 Å². The normalized spacial score (nSPS) is 19.3. The monoisotopic (exact) mass is 227 g/mol. The molecule has 1 aliphatic heterocycles. The zero-order valence-electron chi connectivity index (χ0n) is 9.26. The Morgan fingerprint density at radius 1 is 1.47 bits per heavy atom. The van der Waals surface area contributed by atoms with Gasteiger partial charge in [-0.15, -0.1) is 0 Å². The number of rotatable bonds is 3. The first-order chi connectivity index (χ1) is 7.25. The summed E-state index contributed by atoms with van der Waals surface area (Å²) < 4.78 is 3.78. The van der Waals surface area contributed by atoms with Crippen LogP contribution in [0.5, 0.6) is 0 Å². The van der Waals surface area contributed by atoms with E-state index in [0.717, 1.165) is 17.6 Å². The maximum atomic E-state index is 3.97. The van der Waals surface area contributed by atoms with Crippen molar-refractivity contribution in [2.45, 2.75) is 12.8 Å². The van der Waals surface area contributed by atoms with Gasteiger partial charge in [-0.3, -0.25) is 0 Å². The van der Waals surface area contributed by atoms with Gasteiger partial charge in [-0.25, -0.2) is 0 Å². The van der Waals surface area contributed by atoms with Crippen molar-refractivity contribution in [3.05, 3.63) is 0 Å². The summed E-state index contributed by atoms with van der Waals surface area (Å²) in [5.41, 5.74) is 0. The van der Waals surface area contributed by atoms with E-state index in [9.17, 15) is 0 Å². The number of nitrogens with zero attached hydrogens (tertiary/aromatic N) is 5. The van der Waals surface area contributed by atoms with Gasteiger partial charge in [0.15, 0.2) is 0 Å². The van der Waals surface area contributed by atoms with Gasteiger partial charge in [-0.2, -0.15) is 0 Å². The van der Waals surface area contributed by atoms with Gasteiger partial charge in [0, 0.05) is 25.1 Å². The molecule has 1 fully saturated rings. The number of hydrogen-bond acceptors (Lipinski definition) is 6. The molecule has 5 nitrogen and oxygen atoms in total. The summed E-state index contributed by atoms with van der Waals surface area (Å²) in [5, 5.41) is 8.51. The first kappa shape index (κ1) is 10.8. The van der Waals surface area contributed by atoms with Gasteiger partial charge in [0.1, 0.15) is 0 Å². The lowest BCUT2D eigenvalue weighted by Gasteiger charge is -2.31. The molecule has 0 amide bonds. The van der Waals surface area contributed by atoms with Gasteiger partial charge in [-0.05, 0) is 44.1 Å². The molecule has 1 aliphatic rings. The van der Waals surface area contributed by atoms with E-state index in [0.29, 0.717) is 0 Å². The fourth-order valence-electron chi connectivity index (χ4n) is 1.99. The molecule has 1 saturated heterocycles. The van der Waals surface area contributed by atoms with Crippen molar-refractivity contribution in [2.75, 3.05) is 38.6 Å². The zero-order valence-corrected chi connectivity index (χ0v) is 10.1. The third-order valence-electron chi connectivity index (χ3n) is 2.99. The lowest BCUT2D eigenvalue weighted by molar-refractivity contribution is 0.222. The van der Waals surface area contributed by atoms with E-state index in [-0.39, 0.29) is 0 Å². The van der Waals surface area contributed by atoms with Crippen LogP contribution in [0.25, 0.3) is 0 Å². The second-order valence-electron chi connectivity index (χ2n) is 4.27. The summed E-state index contributed by atoms with van der Waals surface area (Å²) in [5.74, 6) is 0.787. The number of hydrogen-bond donors (Lipinski definition) is 0. The van der Waals surface area contributed by atoms with Gasteiger partial charge < -0.3 is 9.80 Å². The molecular formula is C9H17N5S. The van der Waals surface area contributed by atoms with Crippen LogP contribution in [-0.4, -0.2) is 53.4 Å². The van der Waals surface area contributed by atoms with E-state index in [1.165, 1.54) is 37.5 Å². The summed E-state index contributed by atoms with van der Waals surface area (Å²) in [6, 6.07) is 0. The molecule has 0 aliphatic carbocycles. The van der Waals surface area contributed by atoms with Crippen molar-refractivity contribution in [1.82, 2.24) is 19.7 Å². The summed E-state index contributed by atoms with van der Waals surface area (Å²) in [6.45, 7) is 3.50. The van der Waals surface area contributed by atoms with Gasteiger partial charge in [0.05, 0.1) is 0 Å². The largest absolute Gasteiger partial charge is 0.348 e. The van der Waals surface area contributed by atoms with E-state index < -0.39 is 0 Å². The second kappa shape index (κ2) is 4.85. The Hall–Kier alpha value is -0.750. The molecule has 0 N–H and O–H groups in total.